The van der Waals surface area contributed by atoms with Crippen LogP contribution < -0.4 is 5.73 Å². The Bertz CT molecular complexity index is 745. The highest BCUT2D eigenvalue weighted by molar-refractivity contribution is 9.10. The van der Waals surface area contributed by atoms with Crippen molar-refractivity contribution in [3.8, 4) is 0 Å². The van der Waals surface area contributed by atoms with Crippen LogP contribution in [-0.4, -0.2) is 67.1 Å². The lowest BCUT2D eigenvalue weighted by Crippen LogP contribution is -2.47. The third-order valence-corrected chi connectivity index (χ3v) is 6.73. The molecule has 1 aliphatic rings. The Kier molecular flexibility index (Phi) is 10.3. The second kappa shape index (κ2) is 12.9. The van der Waals surface area contributed by atoms with E-state index in [0.717, 1.165) is 48.1 Å². The van der Waals surface area contributed by atoms with E-state index >= 15 is 0 Å². The maximum Gasteiger partial charge on any atom is 0.0237 e. The van der Waals surface area contributed by atoms with Gasteiger partial charge in [-0.05, 0) is 67.9 Å². The van der Waals surface area contributed by atoms with Gasteiger partial charge in [0.2, 0.25) is 0 Å². The first-order valence-corrected chi connectivity index (χ1v) is 12.6. The van der Waals surface area contributed by atoms with Crippen molar-refractivity contribution >= 4 is 31.9 Å². The number of halogens is 2. The second-order valence-electron chi connectivity index (χ2n) is 8.15. The van der Waals surface area contributed by atoms with Gasteiger partial charge in [0, 0.05) is 54.8 Å². The first-order chi connectivity index (χ1) is 14.6. The molecule has 2 aromatic carbocycles. The molecule has 0 spiro atoms. The van der Waals surface area contributed by atoms with Crippen LogP contribution in [0, 0.1) is 0 Å². The third-order valence-electron chi connectivity index (χ3n) is 5.71. The van der Waals surface area contributed by atoms with Gasteiger partial charge in [0.1, 0.15) is 0 Å². The Morgan fingerprint density at radius 1 is 0.767 bits per heavy atom. The summed E-state index contributed by atoms with van der Waals surface area (Å²) in [4.78, 5) is 7.74. The molecule has 0 radical (unpaired) electrons. The van der Waals surface area contributed by atoms with Gasteiger partial charge >= 0.3 is 0 Å². The molecule has 1 saturated heterocycles. The van der Waals surface area contributed by atoms with Crippen molar-refractivity contribution in [2.24, 2.45) is 5.73 Å². The Balaban J connectivity index is 1.50. The normalized spacial score (nSPS) is 15.7. The smallest absolute Gasteiger partial charge is 0.0237 e. The van der Waals surface area contributed by atoms with E-state index in [1.165, 1.54) is 50.3 Å². The van der Waals surface area contributed by atoms with Gasteiger partial charge in [-0.15, -0.1) is 0 Å². The lowest BCUT2D eigenvalue weighted by molar-refractivity contribution is 0.125. The van der Waals surface area contributed by atoms with Gasteiger partial charge in [0.15, 0.2) is 0 Å². The summed E-state index contributed by atoms with van der Waals surface area (Å²) in [6, 6.07) is 17.4. The Hall–Kier alpha value is -0.760. The van der Waals surface area contributed by atoms with Crippen molar-refractivity contribution in [1.29, 1.82) is 0 Å². The molecule has 164 valence electrons. The van der Waals surface area contributed by atoms with Crippen LogP contribution in [0.3, 0.4) is 0 Å². The minimum Gasteiger partial charge on any atom is -0.330 e. The largest absolute Gasteiger partial charge is 0.330 e. The van der Waals surface area contributed by atoms with Crippen molar-refractivity contribution in [3.05, 3.63) is 68.6 Å². The summed E-state index contributed by atoms with van der Waals surface area (Å²) in [5.41, 5.74) is 8.37. The molecule has 2 N–H and O–H groups in total. The molecule has 0 aliphatic carbocycles. The fourth-order valence-electron chi connectivity index (χ4n) is 4.02. The Morgan fingerprint density at radius 3 is 2.03 bits per heavy atom. The summed E-state index contributed by atoms with van der Waals surface area (Å²) in [5.74, 6) is 0. The predicted molar refractivity (Wildman–Crippen MR) is 134 cm³/mol. The van der Waals surface area contributed by atoms with Gasteiger partial charge in [-0.3, -0.25) is 4.90 Å². The van der Waals surface area contributed by atoms with Crippen LogP contribution in [0.25, 0.3) is 0 Å². The molecule has 6 heteroatoms. The zero-order valence-electron chi connectivity index (χ0n) is 17.8. The monoisotopic (exact) mass is 536 g/mol. The van der Waals surface area contributed by atoms with Crippen molar-refractivity contribution < 1.29 is 0 Å². The van der Waals surface area contributed by atoms with E-state index in [9.17, 15) is 0 Å². The van der Waals surface area contributed by atoms with E-state index in [4.69, 9.17) is 5.73 Å². The minimum atomic E-state index is 0.798. The maximum atomic E-state index is 5.65. The van der Waals surface area contributed by atoms with Gasteiger partial charge in [-0.25, -0.2) is 0 Å². The maximum absolute atomic E-state index is 5.65. The van der Waals surface area contributed by atoms with Crippen LogP contribution in [0.1, 0.15) is 24.0 Å². The lowest BCUT2D eigenvalue weighted by atomic mass is 10.1. The number of hydrogen-bond acceptors (Lipinski definition) is 4. The molecule has 4 nitrogen and oxygen atoms in total. The summed E-state index contributed by atoms with van der Waals surface area (Å²) in [5, 5.41) is 0. The van der Waals surface area contributed by atoms with Crippen LogP contribution in [0.5, 0.6) is 0 Å². The average Bonchev–Trinajstić information content (AvgIpc) is 2.75. The molecule has 0 unspecified atom stereocenters. The molecule has 0 amide bonds. The number of benzene rings is 2. The molecular weight excluding hydrogens is 504 g/mol. The first kappa shape index (κ1) is 23.9. The van der Waals surface area contributed by atoms with Crippen molar-refractivity contribution in [1.82, 2.24) is 14.7 Å². The molecule has 1 fully saturated rings. The summed E-state index contributed by atoms with van der Waals surface area (Å²) in [6.07, 6.45) is 2.31. The number of piperazine rings is 1. The highest BCUT2D eigenvalue weighted by Gasteiger charge is 2.16. The van der Waals surface area contributed by atoms with E-state index < -0.39 is 0 Å². The average molecular weight is 538 g/mol. The van der Waals surface area contributed by atoms with Gasteiger partial charge in [-0.2, -0.15) is 0 Å². The first-order valence-electron chi connectivity index (χ1n) is 11.0. The van der Waals surface area contributed by atoms with Gasteiger partial charge < -0.3 is 15.5 Å². The van der Waals surface area contributed by atoms with Gasteiger partial charge in [-0.1, -0.05) is 56.1 Å². The molecule has 1 heterocycles. The van der Waals surface area contributed by atoms with Crippen LogP contribution in [0.15, 0.2) is 57.5 Å². The van der Waals surface area contributed by atoms with Crippen molar-refractivity contribution in [3.63, 3.8) is 0 Å². The van der Waals surface area contributed by atoms with Crippen LogP contribution in [0.4, 0.5) is 0 Å². The molecule has 0 atom stereocenters. The van der Waals surface area contributed by atoms with Crippen molar-refractivity contribution in [2.75, 3.05) is 52.4 Å². The Labute approximate surface area is 198 Å². The van der Waals surface area contributed by atoms with E-state index in [1.54, 1.807) is 0 Å². The van der Waals surface area contributed by atoms with Gasteiger partial charge in [0.05, 0.1) is 0 Å². The summed E-state index contributed by atoms with van der Waals surface area (Å²) >= 11 is 7.15. The van der Waals surface area contributed by atoms with E-state index in [1.807, 2.05) is 0 Å². The highest BCUT2D eigenvalue weighted by atomic mass is 79.9. The van der Waals surface area contributed by atoms with Gasteiger partial charge in [0.25, 0.3) is 0 Å². The summed E-state index contributed by atoms with van der Waals surface area (Å²) in [7, 11) is 0. The number of nitrogens with zero attached hydrogens (tertiary/aromatic N) is 3. The predicted octanol–water partition coefficient (Wildman–Crippen LogP) is 4.57. The second-order valence-corrected chi connectivity index (χ2v) is 9.98. The fourth-order valence-corrected chi connectivity index (χ4v) is 4.74. The quantitative estimate of drug-likeness (QED) is 0.455. The van der Waals surface area contributed by atoms with E-state index in [-0.39, 0.29) is 0 Å². The summed E-state index contributed by atoms with van der Waals surface area (Å²) in [6.45, 7) is 10.9. The lowest BCUT2D eigenvalue weighted by Gasteiger charge is -2.35. The number of hydrogen-bond donors (Lipinski definition) is 1. The zero-order chi connectivity index (χ0) is 21.2. The fraction of sp³-hybridized carbons (Fsp3) is 0.500. The minimum absolute atomic E-state index is 0.798. The SMILES string of the molecule is NCCCN1CCN(CCCN(Cc2ccc(Br)cc2)Cc2cccc(Br)c2)CC1. The topological polar surface area (TPSA) is 35.7 Å². The highest BCUT2D eigenvalue weighted by Crippen LogP contribution is 2.17. The summed E-state index contributed by atoms with van der Waals surface area (Å²) < 4.78 is 2.28. The standard InChI is InChI=1S/C24H34Br2N4/c25-23-8-6-21(7-9-23)19-30(20-22-4-1-5-24(26)18-22)13-3-12-29-16-14-28(15-17-29)11-2-10-27/h1,4-9,18H,2-3,10-17,19-20,27H2. The van der Waals surface area contributed by atoms with Crippen LogP contribution in [-0.2, 0) is 13.1 Å². The molecule has 3 rings (SSSR count). The molecule has 0 bridgehead atoms. The van der Waals surface area contributed by atoms with Crippen LogP contribution >= 0.6 is 31.9 Å². The third kappa shape index (κ3) is 8.40. The van der Waals surface area contributed by atoms with E-state index in [0.29, 0.717) is 0 Å². The molecule has 2 aromatic rings. The molecule has 0 saturated carbocycles. The van der Waals surface area contributed by atoms with Crippen LogP contribution in [0.2, 0.25) is 0 Å². The number of rotatable bonds is 11. The Morgan fingerprint density at radius 2 is 1.40 bits per heavy atom. The molecular formula is C24H34Br2N4. The van der Waals surface area contributed by atoms with Crippen molar-refractivity contribution in [2.45, 2.75) is 25.9 Å². The molecule has 0 aromatic heterocycles. The zero-order valence-corrected chi connectivity index (χ0v) is 21.0. The molecule has 1 aliphatic heterocycles. The molecule has 30 heavy (non-hydrogen) atoms. The number of nitrogens with two attached hydrogens (primary N) is 1. The van der Waals surface area contributed by atoms with E-state index in [2.05, 4.69) is 95.1 Å².